The topological polar surface area (TPSA) is 150 Å². The summed E-state index contributed by atoms with van der Waals surface area (Å²) in [5.74, 6) is -1.00. The highest BCUT2D eigenvalue weighted by molar-refractivity contribution is 5.94. The molecule has 0 unspecified atom stereocenters. The van der Waals surface area contributed by atoms with Crippen LogP contribution in [0, 0.1) is 0 Å². The predicted molar refractivity (Wildman–Crippen MR) is 216 cm³/mol. The third kappa shape index (κ3) is 14.9. The maximum Gasteiger partial charge on any atom is 0.343 e. The van der Waals surface area contributed by atoms with Gasteiger partial charge in [-0.2, -0.15) is 0 Å². The molecule has 0 aromatic heterocycles. The highest BCUT2D eigenvalue weighted by Gasteiger charge is 2.17. The van der Waals surface area contributed by atoms with E-state index in [1.54, 1.807) is 67.6 Å². The van der Waals surface area contributed by atoms with Crippen molar-refractivity contribution in [3.8, 4) is 34.1 Å². The Labute approximate surface area is 339 Å². The van der Waals surface area contributed by atoms with E-state index in [4.69, 9.17) is 33.2 Å². The van der Waals surface area contributed by atoms with Crippen molar-refractivity contribution in [2.75, 3.05) is 33.5 Å². The van der Waals surface area contributed by atoms with Crippen molar-refractivity contribution in [2.24, 2.45) is 0 Å². The maximum atomic E-state index is 13.0. The molecular formula is C46H50O12. The number of esters is 5. The lowest BCUT2D eigenvalue weighted by molar-refractivity contribution is -0.143. The third-order valence-corrected chi connectivity index (χ3v) is 8.75. The molecule has 0 aliphatic heterocycles. The summed E-state index contributed by atoms with van der Waals surface area (Å²) in [6.45, 7) is 6.74. The van der Waals surface area contributed by atoms with E-state index in [2.05, 4.69) is 6.58 Å². The Kier molecular flexibility index (Phi) is 18.5. The van der Waals surface area contributed by atoms with Crippen LogP contribution in [0.1, 0.15) is 95.8 Å². The Morgan fingerprint density at radius 2 is 1.02 bits per heavy atom. The van der Waals surface area contributed by atoms with E-state index in [1.165, 1.54) is 25.3 Å². The van der Waals surface area contributed by atoms with Gasteiger partial charge in [0.05, 0.1) is 50.2 Å². The minimum atomic E-state index is -0.631. The van der Waals surface area contributed by atoms with Gasteiger partial charge in [0.1, 0.15) is 11.5 Å². The summed E-state index contributed by atoms with van der Waals surface area (Å²) in [6, 6.07) is 25.0. The molecule has 0 radical (unpaired) electrons. The minimum Gasteiger partial charge on any atom is -0.494 e. The standard InChI is InChI=1S/C46H50O12/c1-4-42(47)54-29-11-7-6-10-28-53-38-23-20-36(21-24-38)45(50)58-40-27-22-37(32-41(40)52-3)46(51)57-39-25-18-34(19-26-39)33-14-16-35(17-15-33)44(49)56-31-13-9-8-12-30-55-43(48)5-2/h5,14-27,32H,2,4,6-13,28-31H2,1,3H3. The molecule has 12 heteroatoms. The number of carbonyl (C=O) groups is 5. The van der Waals surface area contributed by atoms with Crippen LogP contribution in [-0.4, -0.2) is 63.4 Å². The molecule has 0 saturated heterocycles. The zero-order valence-corrected chi connectivity index (χ0v) is 33.0. The maximum absolute atomic E-state index is 13.0. The number of hydrogen-bond acceptors (Lipinski definition) is 12. The summed E-state index contributed by atoms with van der Waals surface area (Å²) in [5, 5.41) is 0. The van der Waals surface area contributed by atoms with Crippen LogP contribution in [0.4, 0.5) is 0 Å². The van der Waals surface area contributed by atoms with Crippen LogP contribution in [-0.2, 0) is 23.8 Å². The van der Waals surface area contributed by atoms with E-state index in [9.17, 15) is 24.0 Å². The molecule has 0 spiro atoms. The fourth-order valence-electron chi connectivity index (χ4n) is 5.48. The van der Waals surface area contributed by atoms with Crippen LogP contribution < -0.4 is 18.9 Å². The fourth-order valence-corrected chi connectivity index (χ4v) is 5.48. The van der Waals surface area contributed by atoms with Crippen molar-refractivity contribution in [3.05, 3.63) is 120 Å². The number of methoxy groups -OCH3 is 1. The average Bonchev–Trinajstić information content (AvgIpc) is 3.25. The fraction of sp³-hybridized carbons (Fsp3) is 0.326. The van der Waals surface area contributed by atoms with Crippen molar-refractivity contribution in [1.29, 1.82) is 0 Å². The summed E-state index contributed by atoms with van der Waals surface area (Å²) in [7, 11) is 1.40. The summed E-state index contributed by atoms with van der Waals surface area (Å²) >= 11 is 0. The van der Waals surface area contributed by atoms with Crippen molar-refractivity contribution < 1.29 is 57.1 Å². The van der Waals surface area contributed by atoms with E-state index in [0.717, 1.165) is 62.1 Å². The first kappa shape index (κ1) is 44.3. The molecule has 58 heavy (non-hydrogen) atoms. The third-order valence-electron chi connectivity index (χ3n) is 8.75. The van der Waals surface area contributed by atoms with Crippen LogP contribution in [0.2, 0.25) is 0 Å². The molecule has 0 N–H and O–H groups in total. The van der Waals surface area contributed by atoms with Gasteiger partial charge in [0, 0.05) is 12.5 Å². The van der Waals surface area contributed by atoms with Crippen molar-refractivity contribution in [1.82, 2.24) is 0 Å². The summed E-state index contributed by atoms with van der Waals surface area (Å²) < 4.78 is 37.7. The smallest absolute Gasteiger partial charge is 0.343 e. The Bertz CT molecular complexity index is 1950. The van der Waals surface area contributed by atoms with E-state index < -0.39 is 23.9 Å². The minimum absolute atomic E-state index is 0.134. The zero-order chi connectivity index (χ0) is 41.5. The molecular weight excluding hydrogens is 744 g/mol. The van der Waals surface area contributed by atoms with Crippen LogP contribution in [0.3, 0.4) is 0 Å². The second-order valence-corrected chi connectivity index (χ2v) is 13.0. The van der Waals surface area contributed by atoms with E-state index in [1.807, 2.05) is 12.1 Å². The normalized spacial score (nSPS) is 10.5. The second-order valence-electron chi connectivity index (χ2n) is 13.0. The lowest BCUT2D eigenvalue weighted by Crippen LogP contribution is -2.11. The highest BCUT2D eigenvalue weighted by Crippen LogP contribution is 2.30. The van der Waals surface area contributed by atoms with Crippen molar-refractivity contribution in [3.63, 3.8) is 0 Å². The molecule has 0 fully saturated rings. The first-order valence-electron chi connectivity index (χ1n) is 19.4. The van der Waals surface area contributed by atoms with Crippen LogP contribution in [0.15, 0.2) is 104 Å². The SMILES string of the molecule is C=CC(=O)OCCCCCCOC(=O)c1ccc(-c2ccc(OC(=O)c3ccc(OC(=O)c4ccc(OCCCCCCOC(=O)CC)cc4)c(OC)c3)cc2)cc1. The molecule has 4 aromatic rings. The lowest BCUT2D eigenvalue weighted by atomic mass is 10.0. The summed E-state index contributed by atoms with van der Waals surface area (Å²) in [6.07, 6.45) is 8.24. The predicted octanol–water partition coefficient (Wildman–Crippen LogP) is 9.14. The molecule has 306 valence electrons. The first-order chi connectivity index (χ1) is 28.2. The molecule has 0 bridgehead atoms. The Morgan fingerprint density at radius 3 is 1.62 bits per heavy atom. The van der Waals surface area contributed by atoms with Crippen molar-refractivity contribution >= 4 is 29.8 Å². The number of hydrogen-bond donors (Lipinski definition) is 0. The molecule has 4 rings (SSSR count). The number of rotatable bonds is 24. The van der Waals surface area contributed by atoms with Gasteiger partial charge < -0.3 is 33.2 Å². The molecule has 0 aliphatic rings. The molecule has 0 heterocycles. The number of carbonyl (C=O) groups excluding carboxylic acids is 5. The van der Waals surface area contributed by atoms with Crippen LogP contribution >= 0.6 is 0 Å². The van der Waals surface area contributed by atoms with Gasteiger partial charge in [0.2, 0.25) is 0 Å². The lowest BCUT2D eigenvalue weighted by Gasteiger charge is -2.12. The van der Waals surface area contributed by atoms with Gasteiger partial charge in [-0.25, -0.2) is 19.2 Å². The molecule has 0 atom stereocenters. The Balaban J connectivity index is 1.19. The van der Waals surface area contributed by atoms with Gasteiger partial charge in [-0.15, -0.1) is 0 Å². The van der Waals surface area contributed by atoms with Gasteiger partial charge in [0.25, 0.3) is 0 Å². The van der Waals surface area contributed by atoms with Gasteiger partial charge in [-0.3, -0.25) is 4.79 Å². The largest absolute Gasteiger partial charge is 0.494 e. The first-order valence-corrected chi connectivity index (χ1v) is 19.4. The molecule has 4 aromatic carbocycles. The van der Waals surface area contributed by atoms with Crippen molar-refractivity contribution in [2.45, 2.75) is 64.7 Å². The Morgan fingerprint density at radius 1 is 0.517 bits per heavy atom. The van der Waals surface area contributed by atoms with E-state index >= 15 is 0 Å². The summed E-state index contributed by atoms with van der Waals surface area (Å²) in [4.78, 5) is 60.6. The number of ether oxygens (including phenoxy) is 7. The number of unbranched alkanes of at least 4 members (excludes halogenated alkanes) is 6. The summed E-state index contributed by atoms with van der Waals surface area (Å²) in [5.41, 5.74) is 2.65. The van der Waals surface area contributed by atoms with Gasteiger partial charge >= 0.3 is 29.8 Å². The van der Waals surface area contributed by atoms with Gasteiger partial charge in [-0.1, -0.05) is 37.8 Å². The second kappa shape index (κ2) is 24.3. The number of benzene rings is 4. The van der Waals surface area contributed by atoms with E-state index in [0.29, 0.717) is 61.9 Å². The molecule has 0 amide bonds. The molecule has 12 nitrogen and oxygen atoms in total. The van der Waals surface area contributed by atoms with Gasteiger partial charge in [0.15, 0.2) is 11.5 Å². The monoisotopic (exact) mass is 794 g/mol. The zero-order valence-electron chi connectivity index (χ0n) is 33.0. The van der Waals surface area contributed by atoms with Crippen LogP contribution in [0.5, 0.6) is 23.0 Å². The quantitative estimate of drug-likeness (QED) is 0.0219. The highest BCUT2D eigenvalue weighted by atomic mass is 16.6. The molecule has 0 aliphatic carbocycles. The van der Waals surface area contributed by atoms with Crippen LogP contribution in [0.25, 0.3) is 11.1 Å². The molecule has 0 saturated carbocycles. The van der Waals surface area contributed by atoms with Gasteiger partial charge in [-0.05, 0) is 129 Å². The van der Waals surface area contributed by atoms with E-state index in [-0.39, 0.29) is 23.0 Å². The average molecular weight is 795 g/mol. The Hall–Kier alpha value is -6.43.